The van der Waals surface area contributed by atoms with Gasteiger partial charge < -0.3 is 10.5 Å². The maximum atomic E-state index is 5.49. The molecule has 2 N–H and O–H groups in total. The Morgan fingerprint density at radius 3 is 2.44 bits per heavy atom. The fourth-order valence-corrected chi connectivity index (χ4v) is 0.777. The minimum absolute atomic E-state index is 0.375. The molecule has 0 aromatic rings. The summed E-state index contributed by atoms with van der Waals surface area (Å²) in [4.78, 5) is 3.73. The van der Waals surface area contributed by atoms with Crippen LogP contribution in [0.1, 0.15) is 13.8 Å². The third kappa shape index (κ3) is 6.43. The lowest BCUT2D eigenvalue weighted by atomic mass is 10.4. The van der Waals surface area contributed by atoms with Crippen LogP contribution >= 0.6 is 0 Å². The maximum absolute atomic E-state index is 5.49. The van der Waals surface area contributed by atoms with E-state index in [1.807, 2.05) is 19.1 Å². The van der Waals surface area contributed by atoms with Crippen molar-refractivity contribution in [3.63, 3.8) is 0 Å². The largest absolute Gasteiger partial charge is 0.439 e. The minimum atomic E-state index is 0.375. The predicted molar refractivity (Wildman–Crippen MR) is 69.8 cm³/mol. The van der Waals surface area contributed by atoms with Crippen LogP contribution in [-0.4, -0.2) is 6.72 Å². The Labute approximate surface area is 97.0 Å². The zero-order valence-electron chi connectivity index (χ0n) is 9.81. The van der Waals surface area contributed by atoms with Crippen LogP contribution in [-0.2, 0) is 4.74 Å². The number of nitrogens with two attached hydrogens (primary N) is 1. The van der Waals surface area contributed by atoms with Crippen molar-refractivity contribution in [2.75, 3.05) is 0 Å². The molecule has 0 aliphatic rings. The van der Waals surface area contributed by atoms with Crippen molar-refractivity contribution < 1.29 is 4.74 Å². The number of nitrogens with zero attached hydrogens (tertiary/aromatic N) is 1. The number of rotatable bonds is 6. The van der Waals surface area contributed by atoms with Crippen LogP contribution in [0.2, 0.25) is 0 Å². The van der Waals surface area contributed by atoms with Crippen LogP contribution in [0, 0.1) is 0 Å². The Kier molecular flexibility index (Phi) is 7.24. The average Bonchev–Trinajstić information content (AvgIpc) is 2.28. The van der Waals surface area contributed by atoms with Crippen LogP contribution in [0.25, 0.3) is 0 Å². The molecular formula is C13H18N2O. The van der Waals surface area contributed by atoms with Crippen LogP contribution in [0.15, 0.2) is 65.4 Å². The first-order valence-electron chi connectivity index (χ1n) is 4.88. The zero-order chi connectivity index (χ0) is 12.4. The highest BCUT2D eigenvalue weighted by atomic mass is 16.5. The van der Waals surface area contributed by atoms with Crippen molar-refractivity contribution in [3.05, 3.63) is 60.4 Å². The summed E-state index contributed by atoms with van der Waals surface area (Å²) in [5.74, 6) is 0.972. The minimum Gasteiger partial charge on any atom is -0.439 e. The smallest absolute Gasteiger partial charge is 0.218 e. The highest BCUT2D eigenvalue weighted by Crippen LogP contribution is 2.09. The van der Waals surface area contributed by atoms with E-state index in [-0.39, 0.29) is 0 Å². The van der Waals surface area contributed by atoms with Crippen LogP contribution in [0.4, 0.5) is 0 Å². The molecule has 0 heterocycles. The second-order valence-electron chi connectivity index (χ2n) is 2.97. The van der Waals surface area contributed by atoms with E-state index in [1.165, 1.54) is 0 Å². The van der Waals surface area contributed by atoms with E-state index in [2.05, 4.69) is 18.3 Å². The molecule has 0 aromatic carbocycles. The Balaban J connectivity index is 4.76. The summed E-state index contributed by atoms with van der Waals surface area (Å²) in [6, 6.07) is 0. The van der Waals surface area contributed by atoms with Crippen LogP contribution in [0.5, 0.6) is 0 Å². The molecule has 0 rings (SSSR count). The van der Waals surface area contributed by atoms with Gasteiger partial charge in [-0.1, -0.05) is 18.7 Å². The lowest BCUT2D eigenvalue weighted by Crippen LogP contribution is -1.91. The fourth-order valence-electron chi connectivity index (χ4n) is 0.777. The van der Waals surface area contributed by atoms with E-state index in [9.17, 15) is 0 Å². The third-order valence-electron chi connectivity index (χ3n) is 1.52. The Bertz CT molecular complexity index is 356. The first kappa shape index (κ1) is 14.0. The summed E-state index contributed by atoms with van der Waals surface area (Å²) < 4.78 is 5.42. The molecule has 0 bridgehead atoms. The van der Waals surface area contributed by atoms with Gasteiger partial charge in [0.25, 0.3) is 0 Å². The Morgan fingerprint density at radius 2 is 2.00 bits per heavy atom. The van der Waals surface area contributed by atoms with E-state index in [1.54, 1.807) is 31.2 Å². The van der Waals surface area contributed by atoms with Crippen molar-refractivity contribution in [1.82, 2.24) is 0 Å². The number of ether oxygens (including phenoxy) is 1. The third-order valence-corrected chi connectivity index (χ3v) is 1.52. The molecule has 0 radical (unpaired) electrons. The van der Waals surface area contributed by atoms with Gasteiger partial charge >= 0.3 is 0 Å². The number of aliphatic imine (C=N–C) groups is 1. The molecule has 0 saturated carbocycles. The highest BCUT2D eigenvalue weighted by molar-refractivity contribution is 5.30. The molecular weight excluding hydrogens is 200 g/mol. The van der Waals surface area contributed by atoms with Gasteiger partial charge in [0.1, 0.15) is 5.76 Å². The first-order chi connectivity index (χ1) is 7.63. The second kappa shape index (κ2) is 8.29. The molecule has 86 valence electrons. The van der Waals surface area contributed by atoms with E-state index in [0.29, 0.717) is 17.3 Å². The Hall–Kier alpha value is -2.03. The lowest BCUT2D eigenvalue weighted by molar-refractivity contribution is 0.318. The molecule has 0 unspecified atom stereocenters. The standard InChI is InChI=1S/C13H18N2O/c1-5-7-8-12(6-2)16-13(15-4)10-9-11(3)14/h5-10H,2,4,14H2,1,3H3/b7-5-,11-9+,12-8+,13-10+. The molecule has 0 amide bonds. The molecule has 0 aliphatic carbocycles. The molecule has 0 fully saturated rings. The van der Waals surface area contributed by atoms with Crippen molar-refractivity contribution >= 4 is 6.72 Å². The van der Waals surface area contributed by atoms with Crippen LogP contribution < -0.4 is 5.73 Å². The van der Waals surface area contributed by atoms with Gasteiger partial charge in [-0.15, -0.1) is 0 Å². The SMILES string of the molecule is C=C/C(=C\C=C/C)O/C(=C/C=C(\C)N)N=C. The van der Waals surface area contributed by atoms with E-state index in [0.717, 1.165) is 0 Å². The zero-order valence-corrected chi connectivity index (χ0v) is 9.81. The molecule has 3 nitrogen and oxygen atoms in total. The predicted octanol–water partition coefficient (Wildman–Crippen LogP) is 3.05. The fraction of sp³-hybridized carbons (Fsp3) is 0.154. The van der Waals surface area contributed by atoms with Gasteiger partial charge in [-0.25, -0.2) is 4.99 Å². The normalized spacial score (nSPS) is 14.0. The van der Waals surface area contributed by atoms with Gasteiger partial charge in [0, 0.05) is 11.8 Å². The van der Waals surface area contributed by atoms with Crippen molar-refractivity contribution in [2.24, 2.45) is 10.7 Å². The average molecular weight is 218 g/mol. The molecule has 3 heteroatoms. The summed E-state index contributed by atoms with van der Waals surface area (Å²) in [7, 11) is 0. The summed E-state index contributed by atoms with van der Waals surface area (Å²) in [5.41, 5.74) is 6.16. The van der Waals surface area contributed by atoms with Gasteiger partial charge in [0.05, 0.1) is 0 Å². The summed E-state index contributed by atoms with van der Waals surface area (Å²) in [5, 5.41) is 0. The second-order valence-corrected chi connectivity index (χ2v) is 2.97. The number of hydrogen-bond donors (Lipinski definition) is 1. The van der Waals surface area contributed by atoms with E-state index in [4.69, 9.17) is 10.5 Å². The Morgan fingerprint density at radius 1 is 1.31 bits per heavy atom. The quantitative estimate of drug-likeness (QED) is 0.423. The van der Waals surface area contributed by atoms with Gasteiger partial charge in [-0.2, -0.15) is 0 Å². The molecule has 16 heavy (non-hydrogen) atoms. The van der Waals surface area contributed by atoms with E-state index >= 15 is 0 Å². The lowest BCUT2D eigenvalue weighted by Gasteiger charge is -2.04. The summed E-state index contributed by atoms with van der Waals surface area (Å²) in [6.45, 7) is 10.7. The number of hydrogen-bond acceptors (Lipinski definition) is 3. The topological polar surface area (TPSA) is 47.6 Å². The van der Waals surface area contributed by atoms with Gasteiger partial charge in [0.2, 0.25) is 5.88 Å². The van der Waals surface area contributed by atoms with Crippen LogP contribution in [0.3, 0.4) is 0 Å². The number of allylic oxidation sites excluding steroid dienone is 7. The maximum Gasteiger partial charge on any atom is 0.218 e. The van der Waals surface area contributed by atoms with Crippen molar-refractivity contribution in [1.29, 1.82) is 0 Å². The first-order valence-corrected chi connectivity index (χ1v) is 4.88. The monoisotopic (exact) mass is 218 g/mol. The highest BCUT2D eigenvalue weighted by Gasteiger charge is 1.95. The molecule has 0 atom stereocenters. The summed E-state index contributed by atoms with van der Waals surface area (Å²) in [6.07, 6.45) is 10.5. The molecule has 0 aliphatic heterocycles. The van der Waals surface area contributed by atoms with Gasteiger partial charge in [-0.3, -0.25) is 0 Å². The van der Waals surface area contributed by atoms with E-state index < -0.39 is 0 Å². The van der Waals surface area contributed by atoms with Gasteiger partial charge in [-0.05, 0) is 38.8 Å². The molecule has 0 spiro atoms. The van der Waals surface area contributed by atoms with Crippen molar-refractivity contribution in [2.45, 2.75) is 13.8 Å². The molecule has 0 saturated heterocycles. The summed E-state index contributed by atoms with van der Waals surface area (Å²) >= 11 is 0. The van der Waals surface area contributed by atoms with Crippen molar-refractivity contribution in [3.8, 4) is 0 Å². The molecule has 0 aromatic heterocycles. The van der Waals surface area contributed by atoms with Gasteiger partial charge in [0.15, 0.2) is 0 Å².